The minimum absolute atomic E-state index is 0.246. The number of nitrogens with one attached hydrogen (secondary N) is 1. The normalized spacial score (nSPS) is 11.5. The number of unbranched alkanes of at least 4 members (excludes halogenated alkanes) is 3. The highest BCUT2D eigenvalue weighted by Crippen LogP contribution is 2.09. The van der Waals surface area contributed by atoms with Crippen molar-refractivity contribution >= 4 is 0 Å². The lowest BCUT2D eigenvalue weighted by Crippen LogP contribution is -2.36. The van der Waals surface area contributed by atoms with Gasteiger partial charge in [-0.15, -0.1) is 0 Å². The summed E-state index contributed by atoms with van der Waals surface area (Å²) < 4.78 is 5.65. The van der Waals surface area contributed by atoms with E-state index in [-0.39, 0.29) is 5.54 Å². The predicted octanol–water partition coefficient (Wildman–Crippen LogP) is 4.01. The minimum atomic E-state index is 0.246. The summed E-state index contributed by atoms with van der Waals surface area (Å²) in [5.41, 5.74) is 0.246. The molecular weight excluding hydrogens is 222 g/mol. The second-order valence-electron chi connectivity index (χ2n) is 5.75. The molecule has 1 aromatic rings. The van der Waals surface area contributed by atoms with Crippen LogP contribution < -0.4 is 10.1 Å². The molecule has 1 aromatic carbocycles. The number of para-hydroxylation sites is 1. The van der Waals surface area contributed by atoms with Crippen molar-refractivity contribution in [2.75, 3.05) is 13.2 Å². The molecule has 0 spiro atoms. The van der Waals surface area contributed by atoms with Gasteiger partial charge in [-0.2, -0.15) is 0 Å². The molecule has 0 bridgehead atoms. The van der Waals surface area contributed by atoms with Crippen LogP contribution >= 0.6 is 0 Å². The Morgan fingerprint density at radius 2 is 1.61 bits per heavy atom. The van der Waals surface area contributed by atoms with Crippen molar-refractivity contribution in [1.82, 2.24) is 5.32 Å². The molecule has 0 unspecified atom stereocenters. The molecule has 0 radical (unpaired) electrons. The Morgan fingerprint density at radius 3 is 2.28 bits per heavy atom. The lowest BCUT2D eigenvalue weighted by Gasteiger charge is -2.20. The molecule has 1 rings (SSSR count). The molecule has 0 aromatic heterocycles. The van der Waals surface area contributed by atoms with Gasteiger partial charge in [-0.3, -0.25) is 0 Å². The Morgan fingerprint density at radius 1 is 0.944 bits per heavy atom. The fourth-order valence-corrected chi connectivity index (χ4v) is 1.75. The van der Waals surface area contributed by atoms with Gasteiger partial charge in [0, 0.05) is 5.54 Å². The average molecular weight is 249 g/mol. The van der Waals surface area contributed by atoms with Crippen molar-refractivity contribution < 1.29 is 4.74 Å². The maximum Gasteiger partial charge on any atom is 0.119 e. The van der Waals surface area contributed by atoms with Gasteiger partial charge in [0.25, 0.3) is 0 Å². The number of hydrogen-bond donors (Lipinski definition) is 1. The second kappa shape index (κ2) is 8.15. The van der Waals surface area contributed by atoms with Gasteiger partial charge >= 0.3 is 0 Å². The standard InChI is InChI=1S/C16H27NO/c1-16(2,3)17-13-9-4-5-10-14-18-15-11-7-6-8-12-15/h6-8,11-12,17H,4-5,9-10,13-14H2,1-3H3. The van der Waals surface area contributed by atoms with Gasteiger partial charge in [0.05, 0.1) is 6.61 Å². The second-order valence-corrected chi connectivity index (χ2v) is 5.75. The number of hydrogen-bond acceptors (Lipinski definition) is 2. The lowest BCUT2D eigenvalue weighted by molar-refractivity contribution is 0.303. The zero-order valence-corrected chi connectivity index (χ0v) is 12.0. The van der Waals surface area contributed by atoms with E-state index >= 15 is 0 Å². The predicted molar refractivity (Wildman–Crippen MR) is 78.2 cm³/mol. The summed E-state index contributed by atoms with van der Waals surface area (Å²) in [5, 5.41) is 3.51. The molecule has 0 aliphatic heterocycles. The van der Waals surface area contributed by atoms with Crippen molar-refractivity contribution in [3.63, 3.8) is 0 Å². The summed E-state index contributed by atoms with van der Waals surface area (Å²) in [6.45, 7) is 8.57. The summed E-state index contributed by atoms with van der Waals surface area (Å²) in [6, 6.07) is 10.0. The molecule has 102 valence electrons. The molecule has 0 amide bonds. The summed E-state index contributed by atoms with van der Waals surface area (Å²) in [7, 11) is 0. The Bertz CT molecular complexity index is 303. The van der Waals surface area contributed by atoms with Crippen LogP contribution in [0.15, 0.2) is 30.3 Å². The van der Waals surface area contributed by atoms with Gasteiger partial charge in [-0.25, -0.2) is 0 Å². The highest BCUT2D eigenvalue weighted by Gasteiger charge is 2.06. The van der Waals surface area contributed by atoms with Gasteiger partial charge in [-0.1, -0.05) is 31.0 Å². The molecule has 2 heteroatoms. The number of benzene rings is 1. The Labute approximate surface area is 112 Å². The smallest absolute Gasteiger partial charge is 0.119 e. The van der Waals surface area contributed by atoms with Gasteiger partial charge in [0.15, 0.2) is 0 Å². The first-order valence-electron chi connectivity index (χ1n) is 7.01. The van der Waals surface area contributed by atoms with Crippen LogP contribution in [0.4, 0.5) is 0 Å². The monoisotopic (exact) mass is 249 g/mol. The zero-order chi connectivity index (χ0) is 13.3. The highest BCUT2D eigenvalue weighted by molar-refractivity contribution is 5.20. The molecule has 0 saturated heterocycles. The molecule has 0 fully saturated rings. The first-order chi connectivity index (χ1) is 8.58. The highest BCUT2D eigenvalue weighted by atomic mass is 16.5. The maximum absolute atomic E-state index is 5.65. The largest absolute Gasteiger partial charge is 0.494 e. The fraction of sp³-hybridized carbons (Fsp3) is 0.625. The van der Waals surface area contributed by atoms with Crippen LogP contribution in [0, 0.1) is 0 Å². The van der Waals surface area contributed by atoms with Crippen molar-refractivity contribution in [2.24, 2.45) is 0 Å². The van der Waals surface area contributed by atoms with Crippen LogP contribution in [0.1, 0.15) is 46.5 Å². The molecule has 1 N–H and O–H groups in total. The Hall–Kier alpha value is -1.02. The van der Waals surface area contributed by atoms with Crippen molar-refractivity contribution in [2.45, 2.75) is 52.0 Å². The SMILES string of the molecule is CC(C)(C)NCCCCCCOc1ccccc1. The average Bonchev–Trinajstić information content (AvgIpc) is 2.32. The molecule has 0 saturated carbocycles. The summed E-state index contributed by atoms with van der Waals surface area (Å²) >= 11 is 0. The summed E-state index contributed by atoms with van der Waals surface area (Å²) in [4.78, 5) is 0. The van der Waals surface area contributed by atoms with Gasteiger partial charge < -0.3 is 10.1 Å². The van der Waals surface area contributed by atoms with Crippen molar-refractivity contribution in [3.8, 4) is 5.75 Å². The van der Waals surface area contributed by atoms with E-state index in [4.69, 9.17) is 4.74 Å². The van der Waals surface area contributed by atoms with Gasteiger partial charge in [-0.05, 0) is 52.3 Å². The van der Waals surface area contributed by atoms with Gasteiger partial charge in [0.1, 0.15) is 5.75 Å². The molecule has 0 heterocycles. The Balaban J connectivity index is 1.90. The van der Waals surface area contributed by atoms with E-state index < -0.39 is 0 Å². The third kappa shape index (κ3) is 8.13. The third-order valence-corrected chi connectivity index (χ3v) is 2.74. The topological polar surface area (TPSA) is 21.3 Å². The Kier molecular flexibility index (Phi) is 6.81. The quantitative estimate of drug-likeness (QED) is 0.703. The van der Waals surface area contributed by atoms with E-state index in [1.54, 1.807) is 0 Å². The summed E-state index contributed by atoms with van der Waals surface area (Å²) in [5.74, 6) is 0.979. The zero-order valence-electron chi connectivity index (χ0n) is 12.0. The van der Waals surface area contributed by atoms with Crippen LogP contribution in [-0.4, -0.2) is 18.7 Å². The van der Waals surface area contributed by atoms with E-state index in [9.17, 15) is 0 Å². The van der Waals surface area contributed by atoms with Crippen molar-refractivity contribution in [3.05, 3.63) is 30.3 Å². The van der Waals surface area contributed by atoms with E-state index in [1.165, 1.54) is 19.3 Å². The van der Waals surface area contributed by atoms with Crippen molar-refractivity contribution in [1.29, 1.82) is 0 Å². The van der Waals surface area contributed by atoms with E-state index in [0.717, 1.165) is 25.3 Å². The van der Waals surface area contributed by atoms with Gasteiger partial charge in [0.2, 0.25) is 0 Å². The molecule has 0 atom stereocenters. The van der Waals surface area contributed by atoms with E-state index in [2.05, 4.69) is 26.1 Å². The molecule has 18 heavy (non-hydrogen) atoms. The van der Waals surface area contributed by atoms with Crippen LogP contribution in [0.5, 0.6) is 5.75 Å². The van der Waals surface area contributed by atoms with Crippen LogP contribution in [0.3, 0.4) is 0 Å². The molecule has 0 aliphatic rings. The maximum atomic E-state index is 5.65. The first-order valence-corrected chi connectivity index (χ1v) is 7.01. The molecule has 2 nitrogen and oxygen atoms in total. The van der Waals surface area contributed by atoms with Crippen LogP contribution in [-0.2, 0) is 0 Å². The van der Waals surface area contributed by atoms with Crippen LogP contribution in [0.25, 0.3) is 0 Å². The fourth-order valence-electron chi connectivity index (χ4n) is 1.75. The number of rotatable bonds is 8. The van der Waals surface area contributed by atoms with E-state index in [0.29, 0.717) is 0 Å². The molecule has 0 aliphatic carbocycles. The van der Waals surface area contributed by atoms with E-state index in [1.807, 2.05) is 30.3 Å². The third-order valence-electron chi connectivity index (χ3n) is 2.74. The lowest BCUT2D eigenvalue weighted by atomic mass is 10.1. The molecular formula is C16H27NO. The minimum Gasteiger partial charge on any atom is -0.494 e. The number of ether oxygens (including phenoxy) is 1. The summed E-state index contributed by atoms with van der Waals surface area (Å²) in [6.07, 6.45) is 4.92. The van der Waals surface area contributed by atoms with Crippen LogP contribution in [0.2, 0.25) is 0 Å². The first kappa shape index (κ1) is 15.0.